The van der Waals surface area contributed by atoms with Crippen molar-refractivity contribution in [3.8, 4) is 0 Å². The van der Waals surface area contributed by atoms with E-state index in [2.05, 4.69) is 49.0 Å². The van der Waals surface area contributed by atoms with Gasteiger partial charge in [-0.1, -0.05) is 32.8 Å². The number of allylic oxidation sites excluding steroid dienone is 2. The summed E-state index contributed by atoms with van der Waals surface area (Å²) in [6.07, 6.45) is 19.1. The van der Waals surface area contributed by atoms with Crippen LogP contribution >= 0.6 is 0 Å². The molecule has 2 aliphatic heterocycles. The van der Waals surface area contributed by atoms with Crippen LogP contribution in [0.4, 0.5) is 0 Å². The van der Waals surface area contributed by atoms with Gasteiger partial charge in [0, 0.05) is 17.9 Å². The fraction of sp³-hybridized carbons (Fsp3) is 0.731. The number of hydrogen-bond acceptors (Lipinski definition) is 2. The molecule has 2 saturated heterocycles. The number of fused-ring (bicyclic) bond motifs is 5. The van der Waals surface area contributed by atoms with Crippen molar-refractivity contribution < 1.29 is 0 Å². The van der Waals surface area contributed by atoms with Crippen LogP contribution in [0.25, 0.3) is 5.57 Å². The first-order valence-electron chi connectivity index (χ1n) is 12.0. The van der Waals surface area contributed by atoms with Crippen molar-refractivity contribution >= 4 is 5.57 Å². The summed E-state index contributed by atoms with van der Waals surface area (Å²) in [7, 11) is 0. The van der Waals surface area contributed by atoms with Gasteiger partial charge in [0.05, 0.1) is 0 Å². The maximum atomic E-state index is 4.58. The summed E-state index contributed by atoms with van der Waals surface area (Å²) >= 11 is 0. The predicted molar refractivity (Wildman–Crippen MR) is 117 cm³/mol. The molecule has 2 nitrogen and oxygen atoms in total. The Balaban J connectivity index is 1.44. The SMILES string of the molecule is CCc1cncc(C2=CC[C@H]3[C@@H]4CCN5CCCCC[C@]5(C)[C@H]4CC[C@]23C)c1. The van der Waals surface area contributed by atoms with Gasteiger partial charge in [-0.25, -0.2) is 0 Å². The van der Waals surface area contributed by atoms with E-state index in [4.69, 9.17) is 0 Å². The Bertz CT molecular complexity index is 767. The molecule has 0 spiro atoms. The largest absolute Gasteiger partial charge is 0.298 e. The minimum absolute atomic E-state index is 0.360. The van der Waals surface area contributed by atoms with Gasteiger partial charge in [0.15, 0.2) is 0 Å². The Hall–Kier alpha value is -1.15. The van der Waals surface area contributed by atoms with Gasteiger partial charge in [0.1, 0.15) is 0 Å². The average Bonchev–Trinajstić information content (AvgIpc) is 2.94. The highest BCUT2D eigenvalue weighted by Crippen LogP contribution is 2.63. The first-order chi connectivity index (χ1) is 13.6. The molecule has 0 unspecified atom stereocenters. The lowest BCUT2D eigenvalue weighted by atomic mass is 9.52. The van der Waals surface area contributed by atoms with E-state index in [-0.39, 0.29) is 0 Å². The molecule has 3 fully saturated rings. The number of pyridine rings is 1. The van der Waals surface area contributed by atoms with Gasteiger partial charge in [-0.3, -0.25) is 9.88 Å². The van der Waals surface area contributed by atoms with Crippen molar-refractivity contribution in [1.29, 1.82) is 0 Å². The highest BCUT2D eigenvalue weighted by Gasteiger charge is 2.57. The number of rotatable bonds is 2. The molecule has 28 heavy (non-hydrogen) atoms. The van der Waals surface area contributed by atoms with Gasteiger partial charge in [0.25, 0.3) is 0 Å². The summed E-state index contributed by atoms with van der Waals surface area (Å²) in [5.74, 6) is 2.66. The van der Waals surface area contributed by atoms with Gasteiger partial charge < -0.3 is 0 Å². The van der Waals surface area contributed by atoms with Gasteiger partial charge in [0.2, 0.25) is 0 Å². The van der Waals surface area contributed by atoms with E-state index in [9.17, 15) is 0 Å². The van der Waals surface area contributed by atoms with Crippen molar-refractivity contribution in [3.63, 3.8) is 0 Å². The summed E-state index contributed by atoms with van der Waals surface area (Å²) in [6, 6.07) is 2.41. The third kappa shape index (κ3) is 2.74. The van der Waals surface area contributed by atoms with Crippen molar-refractivity contribution in [2.24, 2.45) is 23.2 Å². The topological polar surface area (TPSA) is 16.1 Å². The Morgan fingerprint density at radius 3 is 2.79 bits per heavy atom. The summed E-state index contributed by atoms with van der Waals surface area (Å²) in [5.41, 5.74) is 5.22. The number of aromatic nitrogens is 1. The van der Waals surface area contributed by atoms with Gasteiger partial charge in [-0.2, -0.15) is 0 Å². The van der Waals surface area contributed by atoms with Crippen LogP contribution in [0, 0.1) is 23.2 Å². The summed E-state index contributed by atoms with van der Waals surface area (Å²) < 4.78 is 0. The minimum Gasteiger partial charge on any atom is -0.298 e. The van der Waals surface area contributed by atoms with Crippen LogP contribution in [0.1, 0.15) is 83.3 Å². The zero-order valence-electron chi connectivity index (χ0n) is 18.2. The molecule has 0 amide bonds. The molecule has 0 aromatic carbocycles. The van der Waals surface area contributed by atoms with E-state index in [1.165, 1.54) is 75.6 Å². The second-order valence-corrected chi connectivity index (χ2v) is 10.6. The second kappa shape index (κ2) is 6.97. The standard InChI is InChI=1S/C26H38N2/c1-4-19-16-20(18-27-17-19)22-8-9-23-21-11-15-28-14-7-5-6-12-26(28,3)24(21)10-13-25(22,23)2/h8,16-18,21,23-24H,4-7,9-15H2,1-3H3/t21-,23-,24-,25+,26+/m0/s1. The number of piperidine rings is 1. The van der Waals surface area contributed by atoms with Crippen LogP contribution in [0.5, 0.6) is 0 Å². The van der Waals surface area contributed by atoms with E-state index >= 15 is 0 Å². The number of nitrogens with zero attached hydrogens (tertiary/aromatic N) is 2. The number of aryl methyl sites for hydroxylation is 1. The Labute approximate surface area is 171 Å². The third-order valence-electron chi connectivity index (χ3n) is 9.40. The zero-order valence-corrected chi connectivity index (χ0v) is 18.2. The molecule has 2 heteroatoms. The molecular formula is C26H38N2. The van der Waals surface area contributed by atoms with Gasteiger partial charge >= 0.3 is 0 Å². The monoisotopic (exact) mass is 378 g/mol. The van der Waals surface area contributed by atoms with Gasteiger partial charge in [-0.15, -0.1) is 0 Å². The molecular weight excluding hydrogens is 340 g/mol. The molecule has 0 radical (unpaired) electrons. The lowest BCUT2D eigenvalue weighted by Gasteiger charge is -2.60. The molecule has 5 atom stereocenters. The van der Waals surface area contributed by atoms with Crippen LogP contribution in [-0.4, -0.2) is 28.5 Å². The zero-order chi connectivity index (χ0) is 19.4. The normalized spacial score (nSPS) is 40.8. The Morgan fingerprint density at radius 1 is 1.04 bits per heavy atom. The minimum atomic E-state index is 0.360. The molecule has 2 aliphatic carbocycles. The molecule has 3 heterocycles. The van der Waals surface area contributed by atoms with Crippen molar-refractivity contribution in [2.75, 3.05) is 13.1 Å². The summed E-state index contributed by atoms with van der Waals surface area (Å²) in [6.45, 7) is 10.1. The molecule has 5 rings (SSSR count). The highest BCUT2D eigenvalue weighted by atomic mass is 15.2. The highest BCUT2D eigenvalue weighted by molar-refractivity contribution is 5.72. The maximum absolute atomic E-state index is 4.58. The molecule has 1 aromatic rings. The van der Waals surface area contributed by atoms with Crippen LogP contribution in [0.3, 0.4) is 0 Å². The maximum Gasteiger partial charge on any atom is 0.0343 e. The molecule has 1 saturated carbocycles. The van der Waals surface area contributed by atoms with Crippen molar-refractivity contribution in [1.82, 2.24) is 9.88 Å². The van der Waals surface area contributed by atoms with E-state index in [1.807, 2.05) is 6.20 Å². The van der Waals surface area contributed by atoms with Crippen LogP contribution < -0.4 is 0 Å². The number of hydrogen-bond donors (Lipinski definition) is 0. The summed E-state index contributed by atoms with van der Waals surface area (Å²) in [5, 5.41) is 0. The third-order valence-corrected chi connectivity index (χ3v) is 9.40. The fourth-order valence-corrected chi connectivity index (χ4v) is 7.77. The van der Waals surface area contributed by atoms with Crippen molar-refractivity contribution in [3.05, 3.63) is 35.7 Å². The average molecular weight is 379 g/mol. The first-order valence-corrected chi connectivity index (χ1v) is 12.0. The quantitative estimate of drug-likeness (QED) is 0.616. The van der Waals surface area contributed by atoms with Gasteiger partial charge in [-0.05, 0) is 111 Å². The smallest absolute Gasteiger partial charge is 0.0343 e. The molecule has 152 valence electrons. The van der Waals surface area contributed by atoms with Crippen LogP contribution in [-0.2, 0) is 6.42 Å². The molecule has 0 N–H and O–H groups in total. The van der Waals surface area contributed by atoms with Crippen LogP contribution in [0.15, 0.2) is 24.5 Å². The fourth-order valence-electron chi connectivity index (χ4n) is 7.77. The lowest BCUT2D eigenvalue weighted by molar-refractivity contribution is -0.0868. The Kier molecular flexibility index (Phi) is 4.69. The van der Waals surface area contributed by atoms with E-state index < -0.39 is 0 Å². The molecule has 0 bridgehead atoms. The summed E-state index contributed by atoms with van der Waals surface area (Å²) in [4.78, 5) is 7.48. The first kappa shape index (κ1) is 18.9. The molecule has 1 aromatic heterocycles. The predicted octanol–water partition coefficient (Wildman–Crippen LogP) is 6.12. The molecule has 4 aliphatic rings. The Morgan fingerprint density at radius 2 is 1.93 bits per heavy atom. The van der Waals surface area contributed by atoms with E-state index in [0.29, 0.717) is 11.0 Å². The lowest BCUT2D eigenvalue weighted by Crippen LogP contribution is -2.61. The second-order valence-electron chi connectivity index (χ2n) is 10.6. The van der Waals surface area contributed by atoms with Crippen LogP contribution in [0.2, 0.25) is 0 Å². The van der Waals surface area contributed by atoms with E-state index in [0.717, 1.165) is 24.2 Å². The van der Waals surface area contributed by atoms with E-state index in [1.54, 1.807) is 5.57 Å². The van der Waals surface area contributed by atoms with Crippen molar-refractivity contribution in [2.45, 2.75) is 84.1 Å².